The minimum absolute atomic E-state index is 0.278. The van der Waals surface area contributed by atoms with Gasteiger partial charge in [-0.15, -0.1) is 0 Å². The summed E-state index contributed by atoms with van der Waals surface area (Å²) in [5, 5.41) is 8.60. The summed E-state index contributed by atoms with van der Waals surface area (Å²) >= 11 is 0. The minimum atomic E-state index is -0.549. The topological polar surface area (TPSA) is 33.0 Å². The van der Waals surface area contributed by atoms with E-state index in [0.717, 1.165) is 0 Å². The van der Waals surface area contributed by atoms with Crippen LogP contribution < -0.4 is 0 Å². The molecule has 52 valence electrons. The van der Waals surface area contributed by atoms with Crippen LogP contribution in [0.3, 0.4) is 0 Å². The van der Waals surface area contributed by atoms with Crippen molar-refractivity contribution in [3.63, 3.8) is 0 Å². The summed E-state index contributed by atoms with van der Waals surface area (Å²) in [6.07, 6.45) is 0. The van der Waals surface area contributed by atoms with Gasteiger partial charge in [0, 0.05) is 0 Å². The second-order valence-corrected chi connectivity index (χ2v) is 2.99. The van der Waals surface area contributed by atoms with E-state index in [1.807, 2.05) is 20.8 Å². The Morgan fingerprint density at radius 1 is 1.67 bits per heavy atom. The molecule has 0 rings (SSSR count). The van der Waals surface area contributed by atoms with Gasteiger partial charge in [-0.25, -0.2) is 0 Å². The maximum atomic E-state index is 8.60. The monoisotopic (exact) mass is 143 g/mol. The average molecular weight is 143 g/mol. The molecule has 0 aliphatic carbocycles. The second kappa shape index (κ2) is 2.99. The maximum absolute atomic E-state index is 8.60. The van der Waals surface area contributed by atoms with Crippen molar-refractivity contribution in [1.29, 1.82) is 5.26 Å². The molecule has 1 atom stereocenters. The van der Waals surface area contributed by atoms with Gasteiger partial charge in [0.25, 0.3) is 0 Å². The Balaban J connectivity index is 4.14. The van der Waals surface area contributed by atoms with Gasteiger partial charge >= 0.3 is 0 Å². The van der Waals surface area contributed by atoms with Crippen LogP contribution >= 0.6 is 0 Å². The van der Waals surface area contributed by atoms with Gasteiger partial charge < -0.3 is 4.43 Å². The lowest BCUT2D eigenvalue weighted by molar-refractivity contribution is 0.110. The van der Waals surface area contributed by atoms with E-state index < -0.39 is 5.60 Å². The quantitative estimate of drug-likeness (QED) is 0.518. The molecule has 0 heterocycles. The maximum Gasteiger partial charge on any atom is 0.148 e. The number of hydrogen-bond donors (Lipinski definition) is 0. The molecule has 2 nitrogen and oxygen atoms in total. The molecule has 0 aromatic rings. The van der Waals surface area contributed by atoms with Gasteiger partial charge in [-0.1, -0.05) is 13.8 Å². The molecule has 0 aliphatic rings. The Morgan fingerprint density at radius 2 is 2.11 bits per heavy atom. The van der Waals surface area contributed by atoms with Gasteiger partial charge in [-0.3, -0.25) is 0 Å². The first kappa shape index (κ1) is 8.67. The normalized spacial score (nSPS) is 17.2. The molecule has 0 saturated heterocycles. The summed E-state index contributed by atoms with van der Waals surface area (Å²) in [4.78, 5) is 0. The van der Waals surface area contributed by atoms with E-state index in [4.69, 9.17) is 9.69 Å². The second-order valence-electron chi connectivity index (χ2n) is 2.58. The first-order valence-electron chi connectivity index (χ1n) is 3.03. The third-order valence-corrected chi connectivity index (χ3v) is 2.60. The third kappa shape index (κ3) is 1.81. The molecule has 0 aromatic heterocycles. The van der Waals surface area contributed by atoms with Crippen molar-refractivity contribution in [1.82, 2.24) is 0 Å². The molecule has 0 radical (unpaired) electrons. The minimum Gasteiger partial charge on any atom is -0.411 e. The van der Waals surface area contributed by atoms with Crippen LogP contribution in [0.4, 0.5) is 0 Å². The summed E-state index contributed by atoms with van der Waals surface area (Å²) in [6.45, 7) is 5.80. The molecule has 0 aliphatic heterocycles. The predicted octanol–water partition coefficient (Wildman–Crippen LogP) is 0.222. The number of hydrogen-bond acceptors (Lipinski definition) is 2. The first-order valence-corrected chi connectivity index (χ1v) is 3.85. The molecule has 0 spiro atoms. The van der Waals surface area contributed by atoms with Gasteiger partial charge in [0.05, 0.1) is 6.07 Å². The van der Waals surface area contributed by atoms with E-state index in [1.54, 1.807) is 0 Å². The summed E-state index contributed by atoms with van der Waals surface area (Å²) in [5.41, 5.74) is -0.549. The third-order valence-electron chi connectivity index (χ3n) is 1.75. The average Bonchev–Trinajstić information content (AvgIpc) is 1.86. The van der Waals surface area contributed by atoms with E-state index in [2.05, 4.69) is 6.07 Å². The zero-order valence-corrected chi connectivity index (χ0v) is 8.43. The van der Waals surface area contributed by atoms with Crippen LogP contribution in [0.25, 0.3) is 0 Å². The fourth-order valence-electron chi connectivity index (χ4n) is 0.410. The van der Waals surface area contributed by atoms with Crippen LogP contribution in [0.5, 0.6) is 0 Å². The van der Waals surface area contributed by atoms with Gasteiger partial charge in [0.15, 0.2) is 0 Å². The molecule has 0 saturated carbocycles. The molecule has 3 heteroatoms. The fourth-order valence-corrected chi connectivity index (χ4v) is 0.973. The highest BCUT2D eigenvalue weighted by molar-refractivity contribution is 5.98. The van der Waals surface area contributed by atoms with Crippen LogP contribution in [0.15, 0.2) is 0 Å². The number of rotatable bonds is 2. The lowest BCUT2D eigenvalue weighted by Crippen LogP contribution is -2.31. The van der Waals surface area contributed by atoms with Crippen molar-refractivity contribution in [2.75, 3.05) is 0 Å². The molecule has 0 amide bonds. The Labute approximate surface area is 59.4 Å². The summed E-state index contributed by atoms with van der Waals surface area (Å²) in [6, 6.07) is 2.14. The smallest absolute Gasteiger partial charge is 0.148 e. The highest BCUT2D eigenvalue weighted by Crippen LogP contribution is 2.17. The largest absolute Gasteiger partial charge is 0.411 e. The zero-order valence-electron chi connectivity index (χ0n) is 6.43. The molecule has 0 aromatic carbocycles. The Morgan fingerprint density at radius 3 is 2.11 bits per heavy atom. The highest BCUT2D eigenvalue weighted by atomic mass is 28.2. The zero-order chi connectivity index (χ0) is 7.49. The summed E-state index contributed by atoms with van der Waals surface area (Å²) < 4.78 is 5.13. The Kier molecular flexibility index (Phi) is 2.88. The van der Waals surface area contributed by atoms with Gasteiger partial charge in [0.2, 0.25) is 0 Å². The van der Waals surface area contributed by atoms with E-state index >= 15 is 0 Å². The molecular weight excluding hydrogens is 130 g/mol. The SMILES string of the molecule is CC(C)C(C)(C#N)O[SiH3]. The first-order chi connectivity index (χ1) is 4.06. The van der Waals surface area contributed by atoms with Gasteiger partial charge in [-0.05, 0) is 12.8 Å². The number of nitrogens with zero attached hydrogens (tertiary/aromatic N) is 1. The summed E-state index contributed by atoms with van der Waals surface area (Å²) in [5.74, 6) is 0.278. The standard InChI is InChI=1S/C6H13NOSi/c1-5(2)6(3,4-7)8-9/h5H,1-3,9H3. The van der Waals surface area contributed by atoms with Crippen LogP contribution in [0.2, 0.25) is 0 Å². The lowest BCUT2D eigenvalue weighted by Gasteiger charge is -2.24. The van der Waals surface area contributed by atoms with Crippen LogP contribution in [0.1, 0.15) is 20.8 Å². The van der Waals surface area contributed by atoms with Crippen molar-refractivity contribution in [2.24, 2.45) is 5.92 Å². The molecule has 9 heavy (non-hydrogen) atoms. The van der Waals surface area contributed by atoms with Crippen molar-refractivity contribution in [3.8, 4) is 6.07 Å². The summed E-state index contributed by atoms with van der Waals surface area (Å²) in [7, 11) is 0.632. The van der Waals surface area contributed by atoms with Crippen molar-refractivity contribution < 1.29 is 4.43 Å². The lowest BCUT2D eigenvalue weighted by atomic mass is 9.95. The Bertz CT molecular complexity index is 130. The highest BCUT2D eigenvalue weighted by Gasteiger charge is 2.26. The van der Waals surface area contributed by atoms with E-state index in [1.165, 1.54) is 0 Å². The molecular formula is C6H13NOSi. The van der Waals surface area contributed by atoms with Crippen molar-refractivity contribution in [2.45, 2.75) is 26.4 Å². The number of nitriles is 1. The van der Waals surface area contributed by atoms with E-state index in [-0.39, 0.29) is 5.92 Å². The fraction of sp³-hybridized carbons (Fsp3) is 0.833. The molecule has 0 bridgehead atoms. The van der Waals surface area contributed by atoms with Gasteiger partial charge in [-0.2, -0.15) is 5.26 Å². The van der Waals surface area contributed by atoms with Gasteiger partial charge in [0.1, 0.15) is 16.1 Å². The van der Waals surface area contributed by atoms with Crippen LogP contribution in [-0.4, -0.2) is 16.1 Å². The van der Waals surface area contributed by atoms with E-state index in [0.29, 0.717) is 10.5 Å². The van der Waals surface area contributed by atoms with Crippen LogP contribution in [-0.2, 0) is 4.43 Å². The van der Waals surface area contributed by atoms with Crippen molar-refractivity contribution >= 4 is 10.5 Å². The molecule has 0 fully saturated rings. The Hall–Kier alpha value is -0.333. The van der Waals surface area contributed by atoms with E-state index in [9.17, 15) is 0 Å². The molecule has 1 unspecified atom stereocenters. The predicted molar refractivity (Wildman–Crippen MR) is 39.9 cm³/mol. The molecule has 0 N–H and O–H groups in total. The van der Waals surface area contributed by atoms with Crippen molar-refractivity contribution in [3.05, 3.63) is 0 Å². The van der Waals surface area contributed by atoms with Crippen LogP contribution in [0, 0.1) is 17.2 Å².